The zero-order valence-electron chi connectivity index (χ0n) is 18.0. The minimum Gasteiger partial charge on any atom is -0.369 e. The van der Waals surface area contributed by atoms with Crippen molar-refractivity contribution in [2.75, 3.05) is 13.1 Å². The first-order valence-corrected chi connectivity index (χ1v) is 10.4. The normalized spacial score (nSPS) is 21.0. The molecule has 0 saturated heterocycles. The molecule has 0 saturated carbocycles. The first-order valence-electron chi connectivity index (χ1n) is 10.4. The summed E-state index contributed by atoms with van der Waals surface area (Å²) in [6.07, 6.45) is 1.38. The molecule has 1 aliphatic carbocycles. The summed E-state index contributed by atoms with van der Waals surface area (Å²) in [7, 11) is 1.80. The highest BCUT2D eigenvalue weighted by Crippen LogP contribution is 2.48. The number of carbonyl (C=O) groups excluding carboxylic acids is 2. The number of nitrogens with zero attached hydrogens (tertiary/aromatic N) is 3. The van der Waals surface area contributed by atoms with Gasteiger partial charge in [-0.3, -0.25) is 4.79 Å². The van der Waals surface area contributed by atoms with E-state index < -0.39 is 29.1 Å². The number of rotatable bonds is 4. The van der Waals surface area contributed by atoms with E-state index in [-0.39, 0.29) is 19.4 Å². The summed E-state index contributed by atoms with van der Waals surface area (Å²) >= 11 is 0. The van der Waals surface area contributed by atoms with E-state index in [1.807, 2.05) is 0 Å². The first kappa shape index (κ1) is 22.6. The number of amides is 3. The van der Waals surface area contributed by atoms with Crippen molar-refractivity contribution < 1.29 is 22.8 Å². The highest BCUT2D eigenvalue weighted by Gasteiger charge is 2.47. The number of halogens is 3. The monoisotopic (exact) mass is 459 g/mol. The van der Waals surface area contributed by atoms with Crippen molar-refractivity contribution in [2.24, 2.45) is 23.9 Å². The molecule has 4 N–H and O–H groups in total. The lowest BCUT2D eigenvalue weighted by atomic mass is 9.65. The number of carbonyl (C=O) groups is 2. The highest BCUT2D eigenvalue weighted by atomic mass is 19.4. The average molecular weight is 459 g/mol. The van der Waals surface area contributed by atoms with Crippen molar-refractivity contribution in [2.45, 2.75) is 25.4 Å². The molecule has 0 bridgehead atoms. The number of hydrogen-bond donors (Lipinski definition) is 2. The Morgan fingerprint density at radius 1 is 1.24 bits per heavy atom. The lowest BCUT2D eigenvalue weighted by molar-refractivity contribution is -0.137. The van der Waals surface area contributed by atoms with Crippen LogP contribution in [0.3, 0.4) is 0 Å². The zero-order chi connectivity index (χ0) is 24.0. The van der Waals surface area contributed by atoms with Crippen molar-refractivity contribution in [1.29, 1.82) is 0 Å². The number of hydrogen-bond acceptors (Lipinski definition) is 3. The van der Waals surface area contributed by atoms with Crippen molar-refractivity contribution >= 4 is 17.5 Å². The number of nitrogens with two attached hydrogens (primary N) is 2. The van der Waals surface area contributed by atoms with E-state index >= 15 is 0 Å². The second-order valence-corrected chi connectivity index (χ2v) is 8.44. The van der Waals surface area contributed by atoms with Crippen LogP contribution in [0.5, 0.6) is 0 Å². The van der Waals surface area contributed by atoms with E-state index in [0.717, 1.165) is 17.7 Å². The van der Waals surface area contributed by atoms with Crippen LogP contribution in [0.2, 0.25) is 0 Å². The van der Waals surface area contributed by atoms with E-state index in [1.54, 1.807) is 36.2 Å². The molecule has 2 aliphatic rings. The Hall–Kier alpha value is -3.56. The standard InChI is InChI=1S/C23H24F3N5O2/c1-30-10-8-29-19(30)12-22(20(27)32)7-5-16(14-3-2-4-15(11-14)23(24,25)26)17-6-9-31(21(28)33)13-18(17)22/h2-5,8,10-11H,6-7,9,12-13H2,1H3,(H2,27,32)(H2,28,33). The number of benzene rings is 1. The first-order chi connectivity index (χ1) is 15.5. The molecule has 10 heteroatoms. The van der Waals surface area contributed by atoms with Gasteiger partial charge in [0.15, 0.2) is 0 Å². The predicted molar refractivity (Wildman–Crippen MR) is 115 cm³/mol. The molecule has 1 aliphatic heterocycles. The lowest BCUT2D eigenvalue weighted by Crippen LogP contribution is -2.50. The van der Waals surface area contributed by atoms with E-state index in [4.69, 9.17) is 11.5 Å². The van der Waals surface area contributed by atoms with Gasteiger partial charge < -0.3 is 20.9 Å². The number of aromatic nitrogens is 2. The van der Waals surface area contributed by atoms with E-state index in [9.17, 15) is 22.8 Å². The van der Waals surface area contributed by atoms with Gasteiger partial charge in [0, 0.05) is 39.0 Å². The molecule has 1 unspecified atom stereocenters. The summed E-state index contributed by atoms with van der Waals surface area (Å²) in [5.41, 5.74) is 11.9. The lowest BCUT2D eigenvalue weighted by Gasteiger charge is -2.43. The van der Waals surface area contributed by atoms with Crippen LogP contribution in [-0.4, -0.2) is 39.5 Å². The average Bonchev–Trinajstić information content (AvgIpc) is 3.17. The van der Waals surface area contributed by atoms with Crippen LogP contribution < -0.4 is 11.5 Å². The summed E-state index contributed by atoms with van der Waals surface area (Å²) in [6, 6.07) is 4.47. The molecule has 0 fully saturated rings. The predicted octanol–water partition coefficient (Wildman–Crippen LogP) is 3.02. The van der Waals surface area contributed by atoms with Crippen LogP contribution in [0.15, 0.2) is 53.9 Å². The van der Waals surface area contributed by atoms with E-state index in [1.165, 1.54) is 11.0 Å². The number of imidazole rings is 1. The fourth-order valence-electron chi connectivity index (χ4n) is 4.72. The Balaban J connectivity index is 1.86. The van der Waals surface area contributed by atoms with Gasteiger partial charge in [-0.15, -0.1) is 0 Å². The van der Waals surface area contributed by atoms with E-state index in [0.29, 0.717) is 35.5 Å². The Kier molecular flexibility index (Phi) is 5.55. The summed E-state index contributed by atoms with van der Waals surface area (Å²) in [5.74, 6) is 0.0522. The molecule has 0 spiro atoms. The maximum absolute atomic E-state index is 13.3. The smallest absolute Gasteiger partial charge is 0.369 e. The van der Waals surface area contributed by atoms with Gasteiger partial charge in [-0.05, 0) is 47.3 Å². The molecule has 2 aromatic rings. The van der Waals surface area contributed by atoms with Crippen LogP contribution in [0.1, 0.15) is 29.8 Å². The maximum atomic E-state index is 13.3. The molecular weight excluding hydrogens is 435 g/mol. The molecule has 1 aromatic carbocycles. The molecule has 0 radical (unpaired) electrons. The van der Waals surface area contributed by atoms with E-state index in [2.05, 4.69) is 4.98 Å². The number of primary amides is 2. The van der Waals surface area contributed by atoms with Gasteiger partial charge in [0.05, 0.1) is 11.0 Å². The Morgan fingerprint density at radius 3 is 2.61 bits per heavy atom. The van der Waals surface area contributed by atoms with Crippen molar-refractivity contribution in [3.8, 4) is 0 Å². The Labute approximate surface area is 188 Å². The molecule has 1 atom stereocenters. The SMILES string of the molecule is Cn1ccnc1CC1(C(N)=O)CC=C(c2cccc(C(F)(F)F)c2)C2=C1CN(C(N)=O)CC2. The minimum atomic E-state index is -4.48. The number of aryl methyl sites for hydroxylation is 1. The van der Waals surface area contributed by atoms with Crippen LogP contribution in [0.25, 0.3) is 5.57 Å². The van der Waals surface area contributed by atoms with Gasteiger partial charge in [-0.25, -0.2) is 9.78 Å². The largest absolute Gasteiger partial charge is 0.416 e. The van der Waals surface area contributed by atoms with Crippen LogP contribution in [0, 0.1) is 5.41 Å². The molecule has 174 valence electrons. The van der Waals surface area contributed by atoms with Crippen LogP contribution in [-0.2, 0) is 24.4 Å². The molecule has 1 aromatic heterocycles. The van der Waals surface area contributed by atoms with Crippen molar-refractivity contribution in [1.82, 2.24) is 14.5 Å². The fraction of sp³-hybridized carbons (Fsp3) is 0.348. The maximum Gasteiger partial charge on any atom is 0.416 e. The van der Waals surface area contributed by atoms with Gasteiger partial charge in [0.1, 0.15) is 5.82 Å². The third-order valence-corrected chi connectivity index (χ3v) is 6.57. The van der Waals surface area contributed by atoms with Gasteiger partial charge in [-0.1, -0.05) is 18.2 Å². The van der Waals surface area contributed by atoms with Gasteiger partial charge in [-0.2, -0.15) is 13.2 Å². The van der Waals surface area contributed by atoms with Crippen molar-refractivity contribution in [3.05, 3.63) is 70.8 Å². The highest BCUT2D eigenvalue weighted by molar-refractivity contribution is 5.92. The Bertz CT molecular complexity index is 1180. The molecular formula is C23H24F3N5O2. The topological polar surface area (TPSA) is 107 Å². The summed E-state index contributed by atoms with van der Waals surface area (Å²) in [5, 5.41) is 0. The summed E-state index contributed by atoms with van der Waals surface area (Å²) in [4.78, 5) is 30.6. The molecule has 2 heterocycles. The third kappa shape index (κ3) is 4.01. The quantitative estimate of drug-likeness (QED) is 0.734. The van der Waals surface area contributed by atoms with Crippen LogP contribution >= 0.6 is 0 Å². The number of urea groups is 1. The number of allylic oxidation sites excluding steroid dienone is 2. The Morgan fingerprint density at radius 2 is 2.00 bits per heavy atom. The number of alkyl halides is 3. The van der Waals surface area contributed by atoms with Crippen molar-refractivity contribution in [3.63, 3.8) is 0 Å². The van der Waals surface area contributed by atoms with Gasteiger partial charge in [0.25, 0.3) is 0 Å². The van der Waals surface area contributed by atoms with Gasteiger partial charge in [0.2, 0.25) is 5.91 Å². The molecule has 4 rings (SSSR count). The summed E-state index contributed by atoms with van der Waals surface area (Å²) < 4.78 is 41.8. The molecule has 3 amide bonds. The van der Waals surface area contributed by atoms with Crippen LogP contribution in [0.4, 0.5) is 18.0 Å². The second kappa shape index (κ2) is 8.09. The third-order valence-electron chi connectivity index (χ3n) is 6.57. The molecule has 7 nitrogen and oxygen atoms in total. The summed E-state index contributed by atoms with van der Waals surface area (Å²) in [6.45, 7) is 0.371. The fourth-order valence-corrected chi connectivity index (χ4v) is 4.72. The second-order valence-electron chi connectivity index (χ2n) is 8.44. The zero-order valence-corrected chi connectivity index (χ0v) is 18.0. The minimum absolute atomic E-state index is 0.0777. The molecule has 33 heavy (non-hydrogen) atoms. The van der Waals surface area contributed by atoms with Gasteiger partial charge >= 0.3 is 12.2 Å².